The van der Waals surface area contributed by atoms with E-state index >= 15 is 0 Å². The highest BCUT2D eigenvalue weighted by Gasteiger charge is 2.47. The molecule has 1 spiro atoms. The zero-order chi connectivity index (χ0) is 16.3. The van der Waals surface area contributed by atoms with Gasteiger partial charge >= 0.3 is 0 Å². The molecule has 0 radical (unpaired) electrons. The van der Waals surface area contributed by atoms with E-state index in [1.165, 1.54) is 14.0 Å². The molecule has 2 rings (SSSR count). The van der Waals surface area contributed by atoms with Gasteiger partial charge in [-0.15, -0.1) is 0 Å². The van der Waals surface area contributed by atoms with Crippen molar-refractivity contribution in [1.29, 1.82) is 0 Å². The summed E-state index contributed by atoms with van der Waals surface area (Å²) >= 11 is 0. The van der Waals surface area contributed by atoms with Crippen LogP contribution in [0.3, 0.4) is 0 Å². The first-order chi connectivity index (χ1) is 10.4. The van der Waals surface area contributed by atoms with Crippen LogP contribution >= 0.6 is 0 Å². The molecule has 0 aromatic carbocycles. The molecule has 7 heteroatoms. The number of likely N-dealkylation sites (tertiary alicyclic amines) is 1. The number of nitrogens with zero attached hydrogens (tertiary/aromatic N) is 3. The van der Waals surface area contributed by atoms with Crippen LogP contribution in [0.4, 0.5) is 0 Å². The van der Waals surface area contributed by atoms with E-state index < -0.39 is 0 Å². The number of carbonyl (C=O) groups excluding carboxylic acids is 3. The molecule has 0 saturated carbocycles. The summed E-state index contributed by atoms with van der Waals surface area (Å²) in [6.45, 7) is 6.80. The summed E-state index contributed by atoms with van der Waals surface area (Å²) in [4.78, 5) is 41.5. The third kappa shape index (κ3) is 3.40. The number of amides is 3. The van der Waals surface area contributed by atoms with Crippen molar-refractivity contribution in [3.8, 4) is 0 Å². The van der Waals surface area contributed by atoms with Gasteiger partial charge in [0.05, 0.1) is 0 Å². The van der Waals surface area contributed by atoms with Crippen LogP contribution in [-0.2, 0) is 19.1 Å². The zero-order valence-electron chi connectivity index (χ0n) is 13.6. The van der Waals surface area contributed by atoms with Gasteiger partial charge in [-0.1, -0.05) is 0 Å². The van der Waals surface area contributed by atoms with E-state index in [0.29, 0.717) is 45.7 Å². The lowest BCUT2D eigenvalue weighted by atomic mass is 9.86. The topological polar surface area (TPSA) is 70.2 Å². The Morgan fingerprint density at radius 3 is 2.36 bits per heavy atom. The molecule has 0 aliphatic carbocycles. The van der Waals surface area contributed by atoms with Gasteiger partial charge in [0, 0.05) is 65.1 Å². The average molecular weight is 311 g/mol. The highest BCUT2D eigenvalue weighted by Crippen LogP contribution is 2.35. The predicted octanol–water partition coefficient (Wildman–Crippen LogP) is -0.438. The Labute approximate surface area is 131 Å². The monoisotopic (exact) mass is 311 g/mol. The average Bonchev–Trinajstić information content (AvgIpc) is 2.65. The Balaban J connectivity index is 2.23. The van der Waals surface area contributed by atoms with Gasteiger partial charge in [0.2, 0.25) is 17.7 Å². The number of ether oxygens (including phenoxy) is 1. The van der Waals surface area contributed by atoms with Crippen LogP contribution in [0.15, 0.2) is 0 Å². The molecule has 2 aliphatic rings. The fraction of sp³-hybridized carbons (Fsp3) is 0.800. The quantitative estimate of drug-likeness (QED) is 0.709. The van der Waals surface area contributed by atoms with E-state index in [4.69, 9.17) is 4.74 Å². The van der Waals surface area contributed by atoms with Crippen LogP contribution in [0.5, 0.6) is 0 Å². The fourth-order valence-corrected chi connectivity index (χ4v) is 3.44. The van der Waals surface area contributed by atoms with Crippen molar-refractivity contribution in [1.82, 2.24) is 14.7 Å². The smallest absolute Gasteiger partial charge is 0.248 e. The fourth-order valence-electron chi connectivity index (χ4n) is 3.44. The minimum atomic E-state index is -0.362. The molecule has 124 valence electrons. The van der Waals surface area contributed by atoms with Gasteiger partial charge in [0.25, 0.3) is 0 Å². The van der Waals surface area contributed by atoms with Crippen LogP contribution in [0.25, 0.3) is 0 Å². The molecule has 0 unspecified atom stereocenters. The van der Waals surface area contributed by atoms with E-state index in [9.17, 15) is 14.4 Å². The number of hydrogen-bond acceptors (Lipinski definition) is 4. The molecule has 2 saturated heterocycles. The minimum Gasteiger partial charge on any atom is -0.375 e. The molecule has 0 N–H and O–H groups in total. The summed E-state index contributed by atoms with van der Waals surface area (Å²) in [6.07, 6.45) is 0.390. The van der Waals surface area contributed by atoms with Crippen LogP contribution in [0.2, 0.25) is 0 Å². The Morgan fingerprint density at radius 1 is 1.18 bits per heavy atom. The SMILES string of the molecule is CCN1C[C@@]2(CC1=O)CN(C(C)=O)CCN(C(=O)COC)C2. The molecule has 7 nitrogen and oxygen atoms in total. The first kappa shape index (κ1) is 16.7. The van der Waals surface area contributed by atoms with Crippen molar-refractivity contribution >= 4 is 17.7 Å². The molecule has 2 aliphatic heterocycles. The lowest BCUT2D eigenvalue weighted by molar-refractivity contribution is -0.136. The van der Waals surface area contributed by atoms with Gasteiger partial charge in [0.15, 0.2) is 0 Å². The van der Waals surface area contributed by atoms with Gasteiger partial charge in [-0.25, -0.2) is 0 Å². The Morgan fingerprint density at radius 2 is 1.82 bits per heavy atom. The van der Waals surface area contributed by atoms with Crippen molar-refractivity contribution in [2.45, 2.75) is 20.3 Å². The number of carbonyl (C=O) groups is 3. The molecule has 0 bridgehead atoms. The van der Waals surface area contributed by atoms with E-state index in [1.54, 1.807) is 9.80 Å². The van der Waals surface area contributed by atoms with Gasteiger partial charge < -0.3 is 19.4 Å². The first-order valence-electron chi connectivity index (χ1n) is 7.71. The van der Waals surface area contributed by atoms with Crippen LogP contribution < -0.4 is 0 Å². The molecular weight excluding hydrogens is 286 g/mol. The Hall–Kier alpha value is -1.63. The van der Waals surface area contributed by atoms with Gasteiger partial charge in [-0.05, 0) is 6.92 Å². The molecule has 0 aromatic heterocycles. The van der Waals surface area contributed by atoms with Gasteiger partial charge in [-0.2, -0.15) is 0 Å². The second-order valence-electron chi connectivity index (χ2n) is 6.27. The van der Waals surface area contributed by atoms with Crippen molar-refractivity contribution < 1.29 is 19.1 Å². The van der Waals surface area contributed by atoms with E-state index in [0.717, 1.165) is 0 Å². The predicted molar refractivity (Wildman–Crippen MR) is 80.0 cm³/mol. The molecule has 2 fully saturated rings. The maximum Gasteiger partial charge on any atom is 0.248 e. The summed E-state index contributed by atoms with van der Waals surface area (Å²) < 4.78 is 4.94. The first-order valence-corrected chi connectivity index (χ1v) is 7.71. The van der Waals surface area contributed by atoms with Crippen LogP contribution in [0, 0.1) is 5.41 Å². The lowest BCUT2D eigenvalue weighted by Gasteiger charge is -2.33. The molecule has 3 amide bonds. The standard InChI is InChI=1S/C15H25N3O4/c1-4-16-9-15(7-13(16)20)10-17(12(2)19)5-6-18(11-15)14(21)8-22-3/h4-11H2,1-3H3/t15-/m0/s1. The highest BCUT2D eigenvalue weighted by atomic mass is 16.5. The number of hydrogen-bond donors (Lipinski definition) is 0. The molecule has 1 atom stereocenters. The van der Waals surface area contributed by atoms with Crippen molar-refractivity contribution in [3.63, 3.8) is 0 Å². The maximum absolute atomic E-state index is 12.2. The van der Waals surface area contributed by atoms with Crippen LogP contribution in [-0.4, -0.2) is 85.4 Å². The zero-order valence-corrected chi connectivity index (χ0v) is 13.6. The molecule has 0 aromatic rings. The maximum atomic E-state index is 12.2. The Kier molecular flexibility index (Phi) is 5.05. The summed E-state index contributed by atoms with van der Waals surface area (Å²) in [5, 5.41) is 0. The summed E-state index contributed by atoms with van der Waals surface area (Å²) in [5.74, 6) is 0.00419. The normalized spacial score (nSPS) is 25.8. The van der Waals surface area contributed by atoms with Gasteiger partial charge in [0.1, 0.15) is 6.61 Å². The van der Waals surface area contributed by atoms with Crippen molar-refractivity contribution in [2.24, 2.45) is 5.41 Å². The van der Waals surface area contributed by atoms with E-state index in [1.807, 2.05) is 11.8 Å². The summed E-state index contributed by atoms with van der Waals surface area (Å²) in [5.41, 5.74) is -0.362. The molecule has 22 heavy (non-hydrogen) atoms. The number of methoxy groups -OCH3 is 1. The summed E-state index contributed by atoms with van der Waals surface area (Å²) in [6, 6.07) is 0. The molecular formula is C15H25N3O4. The summed E-state index contributed by atoms with van der Waals surface area (Å²) in [7, 11) is 1.49. The van der Waals surface area contributed by atoms with E-state index in [-0.39, 0.29) is 29.7 Å². The minimum absolute atomic E-state index is 0.0113. The van der Waals surface area contributed by atoms with Crippen LogP contribution in [0.1, 0.15) is 20.3 Å². The largest absolute Gasteiger partial charge is 0.375 e. The second kappa shape index (κ2) is 6.64. The highest BCUT2D eigenvalue weighted by molar-refractivity contribution is 5.81. The third-order valence-corrected chi connectivity index (χ3v) is 4.55. The third-order valence-electron chi connectivity index (χ3n) is 4.55. The van der Waals surface area contributed by atoms with Crippen molar-refractivity contribution in [2.75, 3.05) is 53.0 Å². The van der Waals surface area contributed by atoms with E-state index in [2.05, 4.69) is 0 Å². The molecule has 2 heterocycles. The van der Waals surface area contributed by atoms with Gasteiger partial charge in [-0.3, -0.25) is 14.4 Å². The number of rotatable bonds is 3. The Bertz CT molecular complexity index is 468. The second-order valence-corrected chi connectivity index (χ2v) is 6.27. The lowest BCUT2D eigenvalue weighted by Crippen LogP contribution is -2.45. The van der Waals surface area contributed by atoms with Crippen molar-refractivity contribution in [3.05, 3.63) is 0 Å².